The quantitative estimate of drug-likeness (QED) is 0.578. The molecule has 2 fully saturated rings. The summed E-state index contributed by atoms with van der Waals surface area (Å²) in [6.45, 7) is -0.216. The zero-order chi connectivity index (χ0) is 25.1. The van der Waals surface area contributed by atoms with Crippen LogP contribution in [0.2, 0.25) is 5.02 Å². The van der Waals surface area contributed by atoms with Crippen molar-refractivity contribution in [1.29, 1.82) is 0 Å². The number of likely N-dealkylation sites (tertiary alicyclic amines) is 1. The van der Waals surface area contributed by atoms with Crippen molar-refractivity contribution in [2.75, 3.05) is 42.3 Å². The predicted molar refractivity (Wildman–Crippen MR) is 127 cm³/mol. The first-order valence-electron chi connectivity index (χ1n) is 10.8. The van der Waals surface area contributed by atoms with Gasteiger partial charge in [0.2, 0.25) is 17.7 Å². The minimum atomic E-state index is -0.904. The van der Waals surface area contributed by atoms with Gasteiger partial charge >= 0.3 is 6.03 Å². The van der Waals surface area contributed by atoms with Crippen molar-refractivity contribution in [2.24, 2.45) is 0 Å². The van der Waals surface area contributed by atoms with Crippen molar-refractivity contribution in [2.45, 2.75) is 18.6 Å². The molecular weight excluding hydrogens is 481 g/mol. The first kappa shape index (κ1) is 24.4. The van der Waals surface area contributed by atoms with Crippen molar-refractivity contribution >= 4 is 52.4 Å². The zero-order valence-electron chi connectivity index (χ0n) is 18.7. The van der Waals surface area contributed by atoms with E-state index in [0.717, 1.165) is 11.0 Å². The highest BCUT2D eigenvalue weighted by Crippen LogP contribution is 2.26. The molecule has 2 aliphatic rings. The van der Waals surface area contributed by atoms with Gasteiger partial charge in [0.05, 0.1) is 18.3 Å². The topological polar surface area (TPSA) is 120 Å². The van der Waals surface area contributed by atoms with Crippen LogP contribution in [0.3, 0.4) is 0 Å². The third-order valence-corrected chi connectivity index (χ3v) is 6.07. The Morgan fingerprint density at radius 2 is 1.89 bits per heavy atom. The number of benzene rings is 2. The lowest BCUT2D eigenvalue weighted by Gasteiger charge is -2.27. The minimum absolute atomic E-state index is 0.119. The Bertz CT molecular complexity index is 1160. The standard InChI is InChI=1S/C23H23ClFN5O5/c1-35-16-9-19(30(11-16)23(34)27-14-4-2-13(24)3-5-14)22(33)28-18-7-6-15(8-17(18)25)29-12-20(31)26-10-21(29)32/h2-8,16,19H,9-12H2,1H3,(H,26,31)(H,27,34)(H,28,33). The number of rotatable bonds is 5. The lowest BCUT2D eigenvalue weighted by atomic mass is 10.1. The Morgan fingerprint density at radius 1 is 1.14 bits per heavy atom. The fraction of sp³-hybridized carbons (Fsp3) is 0.304. The highest BCUT2D eigenvalue weighted by atomic mass is 35.5. The van der Waals surface area contributed by atoms with Crippen molar-refractivity contribution in [3.8, 4) is 0 Å². The number of hydrogen-bond donors (Lipinski definition) is 3. The second-order valence-corrected chi connectivity index (χ2v) is 8.55. The number of carbonyl (C=O) groups excluding carboxylic acids is 4. The maximum absolute atomic E-state index is 14.8. The van der Waals surface area contributed by atoms with E-state index in [1.807, 2.05) is 0 Å². The second-order valence-electron chi connectivity index (χ2n) is 8.11. The van der Waals surface area contributed by atoms with Gasteiger partial charge in [-0.15, -0.1) is 0 Å². The molecule has 2 saturated heterocycles. The average Bonchev–Trinajstić information content (AvgIpc) is 3.28. The lowest BCUT2D eigenvalue weighted by molar-refractivity contribution is -0.128. The summed E-state index contributed by atoms with van der Waals surface area (Å²) in [6.07, 6.45) is -0.141. The molecule has 0 saturated carbocycles. The summed E-state index contributed by atoms with van der Waals surface area (Å²) in [5.74, 6) is -2.10. The summed E-state index contributed by atoms with van der Waals surface area (Å²) in [6, 6.07) is 8.92. The molecule has 0 radical (unpaired) electrons. The van der Waals surface area contributed by atoms with Crippen LogP contribution in [0.5, 0.6) is 0 Å². The van der Waals surface area contributed by atoms with Gasteiger partial charge in [-0.25, -0.2) is 9.18 Å². The normalized spacial score (nSPS) is 20.0. The van der Waals surface area contributed by atoms with Crippen molar-refractivity contribution in [3.63, 3.8) is 0 Å². The van der Waals surface area contributed by atoms with Crippen molar-refractivity contribution in [1.82, 2.24) is 10.2 Å². The number of ether oxygens (including phenoxy) is 1. The number of urea groups is 1. The largest absolute Gasteiger partial charge is 0.380 e. The monoisotopic (exact) mass is 503 g/mol. The van der Waals surface area contributed by atoms with Gasteiger partial charge in [0.25, 0.3) is 0 Å². The predicted octanol–water partition coefficient (Wildman–Crippen LogP) is 2.20. The van der Waals surface area contributed by atoms with Crippen molar-refractivity contribution in [3.05, 3.63) is 53.3 Å². The molecule has 5 amide bonds. The molecule has 0 spiro atoms. The van der Waals surface area contributed by atoms with Crippen LogP contribution < -0.4 is 20.9 Å². The van der Waals surface area contributed by atoms with E-state index in [4.69, 9.17) is 16.3 Å². The molecule has 4 rings (SSSR count). The van der Waals surface area contributed by atoms with Gasteiger partial charge in [-0.05, 0) is 42.5 Å². The van der Waals surface area contributed by atoms with E-state index in [-0.39, 0.29) is 55.3 Å². The molecule has 12 heteroatoms. The van der Waals surface area contributed by atoms with Gasteiger partial charge in [0.1, 0.15) is 18.4 Å². The number of methoxy groups -OCH3 is 1. The van der Waals surface area contributed by atoms with Crippen LogP contribution in [0, 0.1) is 5.82 Å². The Morgan fingerprint density at radius 3 is 2.57 bits per heavy atom. The molecule has 10 nitrogen and oxygen atoms in total. The number of amides is 5. The third kappa shape index (κ3) is 5.52. The fourth-order valence-corrected chi connectivity index (χ4v) is 4.08. The smallest absolute Gasteiger partial charge is 0.322 e. The molecular formula is C23H23ClFN5O5. The molecule has 2 aliphatic heterocycles. The number of hydrogen-bond acceptors (Lipinski definition) is 5. The Balaban J connectivity index is 1.47. The van der Waals surface area contributed by atoms with E-state index in [0.29, 0.717) is 10.7 Å². The van der Waals surface area contributed by atoms with E-state index >= 15 is 0 Å². The molecule has 2 aromatic rings. The first-order chi connectivity index (χ1) is 16.7. The summed E-state index contributed by atoms with van der Waals surface area (Å²) >= 11 is 5.87. The number of carbonyl (C=O) groups is 4. The van der Waals surface area contributed by atoms with Gasteiger partial charge in [-0.3, -0.25) is 14.4 Å². The summed E-state index contributed by atoms with van der Waals surface area (Å²) in [7, 11) is 1.49. The number of nitrogens with zero attached hydrogens (tertiary/aromatic N) is 2. The van der Waals surface area contributed by atoms with Crippen LogP contribution in [0.4, 0.5) is 26.2 Å². The molecule has 2 unspecified atom stereocenters. The summed E-state index contributed by atoms with van der Waals surface area (Å²) in [5.41, 5.74) is 0.582. The first-order valence-corrected chi connectivity index (χ1v) is 11.2. The molecule has 3 N–H and O–H groups in total. The van der Waals surface area contributed by atoms with Crippen LogP contribution in [0.1, 0.15) is 6.42 Å². The Kier molecular flexibility index (Phi) is 7.17. The molecule has 35 heavy (non-hydrogen) atoms. The van der Waals surface area contributed by atoms with E-state index in [1.165, 1.54) is 24.1 Å². The number of nitrogens with one attached hydrogen (secondary N) is 3. The van der Waals surface area contributed by atoms with E-state index in [1.54, 1.807) is 24.3 Å². The van der Waals surface area contributed by atoms with E-state index in [9.17, 15) is 23.6 Å². The Labute approximate surface area is 205 Å². The number of halogens is 2. The van der Waals surface area contributed by atoms with Gasteiger partial charge in [0, 0.05) is 36.5 Å². The molecule has 0 aliphatic carbocycles. The summed E-state index contributed by atoms with van der Waals surface area (Å²) in [4.78, 5) is 52.0. The molecule has 2 atom stereocenters. The molecule has 184 valence electrons. The second kappa shape index (κ2) is 10.3. The Hall–Kier alpha value is -3.70. The zero-order valence-corrected chi connectivity index (χ0v) is 19.5. The minimum Gasteiger partial charge on any atom is -0.380 e. The fourth-order valence-electron chi connectivity index (χ4n) is 3.95. The molecule has 0 bridgehead atoms. The van der Waals surface area contributed by atoms with Gasteiger partial charge in [-0.2, -0.15) is 0 Å². The van der Waals surface area contributed by atoms with Crippen LogP contribution in [0.15, 0.2) is 42.5 Å². The van der Waals surface area contributed by atoms with Crippen LogP contribution >= 0.6 is 11.6 Å². The van der Waals surface area contributed by atoms with Crippen LogP contribution in [-0.4, -0.2) is 67.5 Å². The highest BCUT2D eigenvalue weighted by Gasteiger charge is 2.40. The van der Waals surface area contributed by atoms with Gasteiger partial charge < -0.3 is 30.5 Å². The lowest BCUT2D eigenvalue weighted by Crippen LogP contribution is -2.51. The molecule has 2 heterocycles. The number of anilines is 3. The molecule has 0 aromatic heterocycles. The maximum atomic E-state index is 14.8. The van der Waals surface area contributed by atoms with Gasteiger partial charge in [-0.1, -0.05) is 11.6 Å². The van der Waals surface area contributed by atoms with Crippen molar-refractivity contribution < 1.29 is 28.3 Å². The van der Waals surface area contributed by atoms with E-state index < -0.39 is 23.8 Å². The average molecular weight is 504 g/mol. The maximum Gasteiger partial charge on any atom is 0.322 e. The van der Waals surface area contributed by atoms with Crippen LogP contribution in [0.25, 0.3) is 0 Å². The SMILES string of the molecule is COC1CC(C(=O)Nc2ccc(N3CC(=O)NCC3=O)cc2F)N(C(=O)Nc2ccc(Cl)cc2)C1. The number of piperazine rings is 1. The van der Waals surface area contributed by atoms with Crippen LogP contribution in [-0.2, 0) is 19.1 Å². The summed E-state index contributed by atoms with van der Waals surface area (Å²) in [5, 5.41) is 8.16. The summed E-state index contributed by atoms with van der Waals surface area (Å²) < 4.78 is 20.2. The third-order valence-electron chi connectivity index (χ3n) is 5.82. The van der Waals surface area contributed by atoms with Gasteiger partial charge in [0.15, 0.2) is 0 Å². The highest BCUT2D eigenvalue weighted by molar-refractivity contribution is 6.30. The van der Waals surface area contributed by atoms with E-state index in [2.05, 4.69) is 16.0 Å². The molecule has 2 aromatic carbocycles.